The Kier molecular flexibility index (Phi) is 3.73. The fourth-order valence-corrected chi connectivity index (χ4v) is 3.03. The summed E-state index contributed by atoms with van der Waals surface area (Å²) in [6.07, 6.45) is -0.199. The summed E-state index contributed by atoms with van der Waals surface area (Å²) >= 11 is 0. The van der Waals surface area contributed by atoms with Crippen LogP contribution in [0.5, 0.6) is 11.5 Å². The maximum absolute atomic E-state index is 11.0. The summed E-state index contributed by atoms with van der Waals surface area (Å²) in [5, 5.41) is 20.1. The number of ether oxygens (including phenoxy) is 3. The Morgan fingerprint density at radius 1 is 1.38 bits per heavy atom. The van der Waals surface area contributed by atoms with Crippen LogP contribution in [0.15, 0.2) is 12.1 Å². The zero-order chi connectivity index (χ0) is 15.0. The normalized spacial score (nSPS) is 26.3. The molecule has 3 rings (SSSR count). The maximum Gasteiger partial charge on any atom is 0.302 e. The molecule has 3 atom stereocenters. The molecule has 21 heavy (non-hydrogen) atoms. The highest BCUT2D eigenvalue weighted by atomic mass is 16.7. The highest BCUT2D eigenvalue weighted by Crippen LogP contribution is 2.44. The highest BCUT2D eigenvalue weighted by Gasteiger charge is 2.37. The Balaban J connectivity index is 1.89. The van der Waals surface area contributed by atoms with Gasteiger partial charge in [-0.2, -0.15) is 0 Å². The zero-order valence-corrected chi connectivity index (χ0v) is 11.7. The number of aliphatic hydroxyl groups is 2. The van der Waals surface area contributed by atoms with Crippen LogP contribution in [0.3, 0.4) is 0 Å². The van der Waals surface area contributed by atoms with Crippen LogP contribution in [0.4, 0.5) is 0 Å². The van der Waals surface area contributed by atoms with Gasteiger partial charge in [-0.25, -0.2) is 0 Å². The third-order valence-corrected chi connectivity index (χ3v) is 4.16. The molecule has 0 radical (unpaired) electrons. The molecule has 0 aromatic heterocycles. The smallest absolute Gasteiger partial charge is 0.302 e. The maximum atomic E-state index is 11.0. The molecule has 1 aromatic rings. The van der Waals surface area contributed by atoms with Crippen molar-refractivity contribution < 1.29 is 29.2 Å². The molecule has 0 spiro atoms. The highest BCUT2D eigenvalue weighted by molar-refractivity contribution is 5.65. The lowest BCUT2D eigenvalue weighted by atomic mass is 9.74. The number of fused-ring (bicyclic) bond motifs is 2. The van der Waals surface area contributed by atoms with Crippen LogP contribution in [-0.4, -0.2) is 36.2 Å². The SMILES string of the molecule is CC(=O)OC[C@H]1Cc2cc3c(cc2[C@H](O)[C@H]1CO)OCO3. The third-order valence-electron chi connectivity index (χ3n) is 4.16. The third kappa shape index (κ3) is 2.56. The van der Waals surface area contributed by atoms with Crippen molar-refractivity contribution in [3.63, 3.8) is 0 Å². The lowest BCUT2D eigenvalue weighted by Crippen LogP contribution is -2.35. The second-order valence-electron chi connectivity index (χ2n) is 5.46. The van der Waals surface area contributed by atoms with Crippen molar-refractivity contribution in [2.75, 3.05) is 20.0 Å². The fraction of sp³-hybridized carbons (Fsp3) is 0.533. The molecule has 2 aliphatic rings. The number of hydrogen-bond donors (Lipinski definition) is 2. The summed E-state index contributed by atoms with van der Waals surface area (Å²) in [5.74, 6) is 0.425. The fourth-order valence-electron chi connectivity index (χ4n) is 3.03. The predicted molar refractivity (Wildman–Crippen MR) is 71.9 cm³/mol. The van der Waals surface area contributed by atoms with Crippen molar-refractivity contribution in [2.24, 2.45) is 11.8 Å². The molecule has 0 unspecified atom stereocenters. The minimum atomic E-state index is -0.811. The van der Waals surface area contributed by atoms with Gasteiger partial charge in [0.2, 0.25) is 6.79 Å². The summed E-state index contributed by atoms with van der Waals surface area (Å²) < 4.78 is 15.7. The molecule has 1 heterocycles. The molecular weight excluding hydrogens is 276 g/mol. The van der Waals surface area contributed by atoms with Gasteiger partial charge < -0.3 is 24.4 Å². The average Bonchev–Trinajstić information content (AvgIpc) is 2.90. The van der Waals surface area contributed by atoms with E-state index in [2.05, 4.69) is 0 Å². The Bertz CT molecular complexity index is 555. The van der Waals surface area contributed by atoms with Crippen LogP contribution in [0.25, 0.3) is 0 Å². The molecular formula is C15H18O6. The average molecular weight is 294 g/mol. The van der Waals surface area contributed by atoms with Gasteiger partial charge in [0.05, 0.1) is 12.7 Å². The summed E-state index contributed by atoms with van der Waals surface area (Å²) in [6, 6.07) is 3.63. The summed E-state index contributed by atoms with van der Waals surface area (Å²) in [5.41, 5.74) is 1.69. The minimum Gasteiger partial charge on any atom is -0.466 e. The first-order valence-electron chi connectivity index (χ1n) is 6.95. The lowest BCUT2D eigenvalue weighted by molar-refractivity contribution is -0.144. The van der Waals surface area contributed by atoms with E-state index in [1.54, 1.807) is 6.07 Å². The van der Waals surface area contributed by atoms with Crippen LogP contribution < -0.4 is 9.47 Å². The first-order valence-corrected chi connectivity index (χ1v) is 6.95. The first kappa shape index (κ1) is 14.2. The van der Waals surface area contributed by atoms with Crippen LogP contribution in [0.2, 0.25) is 0 Å². The van der Waals surface area contributed by atoms with Crippen molar-refractivity contribution >= 4 is 5.97 Å². The van der Waals surface area contributed by atoms with Crippen LogP contribution in [0.1, 0.15) is 24.2 Å². The van der Waals surface area contributed by atoms with Gasteiger partial charge in [-0.1, -0.05) is 0 Å². The number of benzene rings is 1. The van der Waals surface area contributed by atoms with Crippen molar-refractivity contribution in [3.8, 4) is 11.5 Å². The van der Waals surface area contributed by atoms with Gasteiger partial charge in [0.1, 0.15) is 0 Å². The van der Waals surface area contributed by atoms with Gasteiger partial charge in [0, 0.05) is 25.4 Å². The van der Waals surface area contributed by atoms with E-state index in [-0.39, 0.29) is 37.8 Å². The van der Waals surface area contributed by atoms with E-state index >= 15 is 0 Å². The Morgan fingerprint density at radius 3 is 2.76 bits per heavy atom. The number of carbonyl (C=O) groups excluding carboxylic acids is 1. The second kappa shape index (κ2) is 5.54. The molecule has 6 nitrogen and oxygen atoms in total. The van der Waals surface area contributed by atoms with E-state index in [0.29, 0.717) is 17.9 Å². The topological polar surface area (TPSA) is 85.2 Å². The van der Waals surface area contributed by atoms with E-state index in [9.17, 15) is 15.0 Å². The molecule has 2 N–H and O–H groups in total. The van der Waals surface area contributed by atoms with Crippen molar-refractivity contribution in [1.29, 1.82) is 0 Å². The van der Waals surface area contributed by atoms with E-state index in [1.807, 2.05) is 6.07 Å². The molecule has 1 aromatic carbocycles. The lowest BCUT2D eigenvalue weighted by Gasteiger charge is -2.35. The molecule has 0 saturated heterocycles. The standard InChI is InChI=1S/C15H18O6/c1-8(17)19-6-10-2-9-3-13-14(21-7-20-13)4-11(9)15(18)12(10)5-16/h3-4,10,12,15-16,18H,2,5-7H2,1H3/t10-,12+,15+/m1/s1. The van der Waals surface area contributed by atoms with E-state index in [1.165, 1.54) is 6.92 Å². The summed E-state index contributed by atoms with van der Waals surface area (Å²) in [4.78, 5) is 11.0. The molecule has 0 bridgehead atoms. The van der Waals surface area contributed by atoms with Gasteiger partial charge in [-0.05, 0) is 29.7 Å². The quantitative estimate of drug-likeness (QED) is 0.802. The van der Waals surface area contributed by atoms with Gasteiger partial charge in [-0.3, -0.25) is 4.79 Å². The zero-order valence-electron chi connectivity index (χ0n) is 11.7. The largest absolute Gasteiger partial charge is 0.466 e. The van der Waals surface area contributed by atoms with Crippen LogP contribution >= 0.6 is 0 Å². The van der Waals surface area contributed by atoms with Crippen molar-refractivity contribution in [3.05, 3.63) is 23.3 Å². The molecule has 0 fully saturated rings. The number of rotatable bonds is 3. The number of aliphatic hydroxyl groups excluding tert-OH is 2. The second-order valence-corrected chi connectivity index (χ2v) is 5.46. The first-order chi connectivity index (χ1) is 10.1. The molecule has 114 valence electrons. The molecule has 1 aliphatic heterocycles. The minimum absolute atomic E-state index is 0.123. The molecule has 0 saturated carbocycles. The van der Waals surface area contributed by atoms with Gasteiger partial charge in [-0.15, -0.1) is 0 Å². The Morgan fingerprint density at radius 2 is 2.10 bits per heavy atom. The number of carbonyl (C=O) groups is 1. The monoisotopic (exact) mass is 294 g/mol. The summed E-state index contributed by atoms with van der Waals surface area (Å²) in [6.45, 7) is 1.54. The molecule has 1 aliphatic carbocycles. The van der Waals surface area contributed by atoms with Gasteiger partial charge >= 0.3 is 5.97 Å². The number of esters is 1. The van der Waals surface area contributed by atoms with Crippen LogP contribution in [-0.2, 0) is 16.0 Å². The molecule has 0 amide bonds. The Labute approximate surface area is 122 Å². The predicted octanol–water partition coefficient (Wildman–Crippen LogP) is 0.793. The van der Waals surface area contributed by atoms with Crippen molar-refractivity contribution in [1.82, 2.24) is 0 Å². The van der Waals surface area contributed by atoms with Gasteiger partial charge in [0.15, 0.2) is 11.5 Å². The Hall–Kier alpha value is -1.79. The molecule has 6 heteroatoms. The number of hydrogen-bond acceptors (Lipinski definition) is 6. The van der Waals surface area contributed by atoms with Gasteiger partial charge in [0.25, 0.3) is 0 Å². The van der Waals surface area contributed by atoms with E-state index in [0.717, 1.165) is 11.1 Å². The van der Waals surface area contributed by atoms with E-state index < -0.39 is 6.10 Å². The van der Waals surface area contributed by atoms with Crippen molar-refractivity contribution in [2.45, 2.75) is 19.4 Å². The summed E-state index contributed by atoms with van der Waals surface area (Å²) in [7, 11) is 0. The van der Waals surface area contributed by atoms with Crippen LogP contribution in [0, 0.1) is 11.8 Å². The van der Waals surface area contributed by atoms with E-state index in [4.69, 9.17) is 14.2 Å².